The van der Waals surface area contributed by atoms with Gasteiger partial charge >= 0.3 is 0 Å². The van der Waals surface area contributed by atoms with Gasteiger partial charge < -0.3 is 14.5 Å². The van der Waals surface area contributed by atoms with Gasteiger partial charge in [-0.1, -0.05) is 29.3 Å². The number of rotatable bonds is 4. The maximum absolute atomic E-state index is 12.8. The minimum absolute atomic E-state index is 0.0432. The fraction of sp³-hybridized carbons (Fsp3) is 0.364. The van der Waals surface area contributed by atoms with Gasteiger partial charge in [0.05, 0.1) is 13.5 Å². The minimum atomic E-state index is 0.0432. The smallest absolute Gasteiger partial charge is 0.253 e. The Kier molecular flexibility index (Phi) is 5.79. The molecule has 0 unspecified atom stereocenters. The summed E-state index contributed by atoms with van der Waals surface area (Å²) in [6.07, 6.45) is 0.349. The molecule has 1 aliphatic heterocycles. The second-order valence-corrected chi connectivity index (χ2v) is 7.08. The average Bonchev–Trinajstić information content (AvgIpc) is 2.67. The molecule has 0 N–H and O–H groups in total. The van der Waals surface area contributed by atoms with Crippen LogP contribution >= 0.6 is 0 Å². The SMILES string of the molecule is COc1cccc(CC(=O)N2CCN(C(=O)c3cc(C)cc(C)c3)CC2)c1. The van der Waals surface area contributed by atoms with Crippen LogP contribution in [-0.2, 0) is 11.2 Å². The molecule has 2 aromatic carbocycles. The molecule has 1 aliphatic rings. The molecule has 142 valence electrons. The summed E-state index contributed by atoms with van der Waals surface area (Å²) in [4.78, 5) is 29.0. The number of aryl methyl sites for hydroxylation is 2. The fourth-order valence-electron chi connectivity index (χ4n) is 3.51. The summed E-state index contributed by atoms with van der Waals surface area (Å²) in [5.74, 6) is 0.882. The van der Waals surface area contributed by atoms with Crippen LogP contribution in [0.5, 0.6) is 5.75 Å². The van der Waals surface area contributed by atoms with Gasteiger partial charge in [0.15, 0.2) is 0 Å². The predicted octanol–water partition coefficient (Wildman–Crippen LogP) is 2.84. The average molecular weight is 366 g/mol. The van der Waals surface area contributed by atoms with Crippen LogP contribution in [0.25, 0.3) is 0 Å². The molecular weight excluding hydrogens is 340 g/mol. The van der Waals surface area contributed by atoms with Crippen LogP contribution in [0.1, 0.15) is 27.0 Å². The second-order valence-electron chi connectivity index (χ2n) is 7.08. The van der Waals surface area contributed by atoms with Gasteiger partial charge in [0.1, 0.15) is 5.75 Å². The van der Waals surface area contributed by atoms with Crippen molar-refractivity contribution in [2.45, 2.75) is 20.3 Å². The zero-order valence-corrected chi connectivity index (χ0v) is 16.2. The van der Waals surface area contributed by atoms with Crippen molar-refractivity contribution in [2.75, 3.05) is 33.3 Å². The van der Waals surface area contributed by atoms with E-state index in [0.29, 0.717) is 32.6 Å². The van der Waals surface area contributed by atoms with E-state index in [1.807, 2.05) is 60.0 Å². The molecule has 3 rings (SSSR count). The first kappa shape index (κ1) is 19.0. The molecule has 27 heavy (non-hydrogen) atoms. The van der Waals surface area contributed by atoms with Crippen LogP contribution in [0, 0.1) is 13.8 Å². The van der Waals surface area contributed by atoms with Gasteiger partial charge in [-0.3, -0.25) is 9.59 Å². The van der Waals surface area contributed by atoms with E-state index in [1.165, 1.54) is 0 Å². The van der Waals surface area contributed by atoms with E-state index in [-0.39, 0.29) is 11.8 Å². The minimum Gasteiger partial charge on any atom is -0.497 e. The highest BCUT2D eigenvalue weighted by Crippen LogP contribution is 2.16. The normalized spacial score (nSPS) is 14.2. The second kappa shape index (κ2) is 8.25. The summed E-state index contributed by atoms with van der Waals surface area (Å²) in [5.41, 5.74) is 3.84. The third kappa shape index (κ3) is 4.67. The number of methoxy groups -OCH3 is 1. The van der Waals surface area contributed by atoms with E-state index in [1.54, 1.807) is 7.11 Å². The molecule has 2 amide bonds. The Balaban J connectivity index is 1.57. The molecule has 2 aromatic rings. The fourth-order valence-corrected chi connectivity index (χ4v) is 3.51. The Morgan fingerprint density at radius 3 is 2.19 bits per heavy atom. The highest BCUT2D eigenvalue weighted by Gasteiger charge is 2.25. The van der Waals surface area contributed by atoms with Gasteiger partial charge in [-0.05, 0) is 43.7 Å². The van der Waals surface area contributed by atoms with Gasteiger partial charge in [-0.15, -0.1) is 0 Å². The Morgan fingerprint density at radius 2 is 1.56 bits per heavy atom. The van der Waals surface area contributed by atoms with E-state index in [0.717, 1.165) is 28.0 Å². The molecule has 1 fully saturated rings. The van der Waals surface area contributed by atoms with Crippen LogP contribution in [0.15, 0.2) is 42.5 Å². The van der Waals surface area contributed by atoms with Gasteiger partial charge in [-0.2, -0.15) is 0 Å². The van der Waals surface area contributed by atoms with E-state index in [4.69, 9.17) is 4.74 Å². The van der Waals surface area contributed by atoms with Crippen molar-refractivity contribution in [1.82, 2.24) is 9.80 Å². The lowest BCUT2D eigenvalue weighted by atomic mass is 10.1. The van der Waals surface area contributed by atoms with E-state index >= 15 is 0 Å². The molecule has 0 bridgehead atoms. The van der Waals surface area contributed by atoms with Crippen molar-refractivity contribution in [3.05, 3.63) is 64.7 Å². The highest BCUT2D eigenvalue weighted by molar-refractivity contribution is 5.94. The maximum Gasteiger partial charge on any atom is 0.253 e. The lowest BCUT2D eigenvalue weighted by molar-refractivity contribution is -0.131. The summed E-state index contributed by atoms with van der Waals surface area (Å²) in [7, 11) is 1.62. The first-order valence-electron chi connectivity index (χ1n) is 9.24. The number of carbonyl (C=O) groups is 2. The van der Waals surface area contributed by atoms with Crippen molar-refractivity contribution in [2.24, 2.45) is 0 Å². The third-order valence-electron chi connectivity index (χ3n) is 4.88. The topological polar surface area (TPSA) is 49.9 Å². The van der Waals surface area contributed by atoms with Crippen LogP contribution in [0.4, 0.5) is 0 Å². The molecule has 0 aromatic heterocycles. The van der Waals surface area contributed by atoms with Crippen molar-refractivity contribution in [3.63, 3.8) is 0 Å². The Hall–Kier alpha value is -2.82. The van der Waals surface area contributed by atoms with Gasteiger partial charge in [0, 0.05) is 31.7 Å². The van der Waals surface area contributed by atoms with Gasteiger partial charge in [0.2, 0.25) is 5.91 Å². The van der Waals surface area contributed by atoms with E-state index in [2.05, 4.69) is 6.07 Å². The standard InChI is InChI=1S/C22H26N2O3/c1-16-11-17(2)13-19(12-16)22(26)24-9-7-23(8-10-24)21(25)15-18-5-4-6-20(14-18)27-3/h4-6,11-14H,7-10,15H2,1-3H3. The van der Waals surface area contributed by atoms with Crippen LogP contribution in [0.3, 0.4) is 0 Å². The number of nitrogens with zero attached hydrogens (tertiary/aromatic N) is 2. The van der Waals surface area contributed by atoms with Crippen molar-refractivity contribution >= 4 is 11.8 Å². The molecule has 5 nitrogen and oxygen atoms in total. The predicted molar refractivity (Wildman–Crippen MR) is 105 cm³/mol. The van der Waals surface area contributed by atoms with Crippen LogP contribution in [-0.4, -0.2) is 54.9 Å². The van der Waals surface area contributed by atoms with Gasteiger partial charge in [-0.25, -0.2) is 0 Å². The molecule has 1 saturated heterocycles. The lowest BCUT2D eigenvalue weighted by Gasteiger charge is -2.35. The summed E-state index contributed by atoms with van der Waals surface area (Å²) < 4.78 is 5.21. The largest absolute Gasteiger partial charge is 0.497 e. The zero-order valence-electron chi connectivity index (χ0n) is 16.2. The number of benzene rings is 2. The Labute approximate surface area is 160 Å². The van der Waals surface area contributed by atoms with Crippen molar-refractivity contribution in [1.29, 1.82) is 0 Å². The number of hydrogen-bond acceptors (Lipinski definition) is 3. The van der Waals surface area contributed by atoms with E-state index < -0.39 is 0 Å². The number of ether oxygens (including phenoxy) is 1. The van der Waals surface area contributed by atoms with Crippen molar-refractivity contribution in [3.8, 4) is 5.75 Å². The van der Waals surface area contributed by atoms with E-state index in [9.17, 15) is 9.59 Å². The first-order chi connectivity index (χ1) is 13.0. The first-order valence-corrected chi connectivity index (χ1v) is 9.24. The molecule has 0 spiro atoms. The van der Waals surface area contributed by atoms with Crippen LogP contribution < -0.4 is 4.74 Å². The van der Waals surface area contributed by atoms with Crippen molar-refractivity contribution < 1.29 is 14.3 Å². The number of amides is 2. The summed E-state index contributed by atoms with van der Waals surface area (Å²) in [6, 6.07) is 13.5. The monoisotopic (exact) mass is 366 g/mol. The molecule has 0 saturated carbocycles. The lowest BCUT2D eigenvalue weighted by Crippen LogP contribution is -2.51. The molecule has 0 aliphatic carbocycles. The Bertz CT molecular complexity index is 819. The molecule has 1 heterocycles. The zero-order chi connectivity index (χ0) is 19.4. The van der Waals surface area contributed by atoms with Crippen LogP contribution in [0.2, 0.25) is 0 Å². The summed E-state index contributed by atoms with van der Waals surface area (Å²) in [6.45, 7) is 6.27. The highest BCUT2D eigenvalue weighted by atomic mass is 16.5. The quantitative estimate of drug-likeness (QED) is 0.836. The number of hydrogen-bond donors (Lipinski definition) is 0. The molecule has 0 radical (unpaired) electrons. The molecular formula is C22H26N2O3. The number of piperazine rings is 1. The molecule has 0 atom stereocenters. The third-order valence-corrected chi connectivity index (χ3v) is 4.88. The number of carbonyl (C=O) groups excluding carboxylic acids is 2. The Morgan fingerprint density at radius 1 is 0.926 bits per heavy atom. The summed E-state index contributed by atoms with van der Waals surface area (Å²) in [5, 5.41) is 0. The maximum atomic E-state index is 12.8. The molecule has 5 heteroatoms. The summed E-state index contributed by atoms with van der Waals surface area (Å²) >= 11 is 0. The van der Waals surface area contributed by atoms with Gasteiger partial charge in [0.25, 0.3) is 5.91 Å².